The minimum absolute atomic E-state index is 0.0367. The van der Waals surface area contributed by atoms with Crippen LogP contribution in [-0.4, -0.2) is 55.8 Å². The van der Waals surface area contributed by atoms with Gasteiger partial charge in [0.2, 0.25) is 0 Å². The van der Waals surface area contributed by atoms with Crippen LogP contribution in [0.3, 0.4) is 0 Å². The Hall–Kier alpha value is -1.52. The van der Waals surface area contributed by atoms with Gasteiger partial charge in [0.25, 0.3) is 0 Å². The van der Waals surface area contributed by atoms with Crippen molar-refractivity contribution in [3.05, 3.63) is 22.7 Å². The van der Waals surface area contributed by atoms with E-state index in [1.54, 1.807) is 0 Å². The first-order valence-electron chi connectivity index (χ1n) is 5.68. The van der Waals surface area contributed by atoms with Crippen molar-refractivity contribution in [2.24, 2.45) is 5.73 Å². The summed E-state index contributed by atoms with van der Waals surface area (Å²) in [4.78, 5) is 15.2. The maximum atomic E-state index is 11.7. The van der Waals surface area contributed by atoms with Gasteiger partial charge in [-0.1, -0.05) is 0 Å². The van der Waals surface area contributed by atoms with Crippen molar-refractivity contribution in [1.82, 2.24) is 9.55 Å². The summed E-state index contributed by atoms with van der Waals surface area (Å²) in [5, 5.41) is 28.7. The topological polar surface area (TPSA) is 157 Å². The van der Waals surface area contributed by atoms with Crippen molar-refractivity contribution in [3.8, 4) is 0 Å². The van der Waals surface area contributed by atoms with Crippen LogP contribution in [-0.2, 0) is 4.74 Å². The summed E-state index contributed by atoms with van der Waals surface area (Å²) in [6.45, 7) is -0.491. The Labute approximate surface area is 108 Å². The number of hydrogen-bond acceptors (Lipinski definition) is 8. The first-order chi connectivity index (χ1) is 8.95. The van der Waals surface area contributed by atoms with Crippen LogP contribution < -0.4 is 17.2 Å². The molecular weight excluding hydrogens is 256 g/mol. The third kappa shape index (κ3) is 2.46. The summed E-state index contributed by atoms with van der Waals surface area (Å²) in [7, 11) is 0. The van der Waals surface area contributed by atoms with Gasteiger partial charge in [0.1, 0.15) is 24.1 Å². The summed E-state index contributed by atoms with van der Waals surface area (Å²) in [5.74, 6) is 0.0367. The van der Waals surface area contributed by atoms with Crippen molar-refractivity contribution in [2.75, 3.05) is 12.3 Å². The molecule has 0 saturated carbocycles. The molecule has 2 heterocycles. The Balaban J connectivity index is 2.35. The standard InChI is InChI=1S/C10H16N4O5/c11-5-1-2-14(10(18)13-5)9-8(17)6(12)7(16)4(3-15)19-9/h1-2,4,6-9,15-17H,3,12H2,(H2,11,13,18)/t4-,6+,7-,8-,9-/m1/s1. The number of rotatable bonds is 2. The van der Waals surface area contributed by atoms with E-state index in [0.29, 0.717) is 0 Å². The quantitative estimate of drug-likeness (QED) is 0.376. The largest absolute Gasteiger partial charge is 0.394 e. The van der Waals surface area contributed by atoms with Crippen LogP contribution in [0, 0.1) is 0 Å². The molecule has 19 heavy (non-hydrogen) atoms. The molecule has 1 aliphatic rings. The van der Waals surface area contributed by atoms with E-state index >= 15 is 0 Å². The number of ether oxygens (including phenoxy) is 1. The molecule has 0 bridgehead atoms. The number of aromatic nitrogens is 2. The number of nitrogens with two attached hydrogens (primary N) is 2. The third-order valence-electron chi connectivity index (χ3n) is 3.08. The number of nitrogen functional groups attached to an aromatic ring is 1. The molecule has 0 unspecified atom stereocenters. The smallest absolute Gasteiger partial charge is 0.351 e. The van der Waals surface area contributed by atoms with Crippen molar-refractivity contribution in [1.29, 1.82) is 0 Å². The van der Waals surface area contributed by atoms with Crippen LogP contribution in [0.25, 0.3) is 0 Å². The summed E-state index contributed by atoms with van der Waals surface area (Å²) >= 11 is 0. The summed E-state index contributed by atoms with van der Waals surface area (Å²) < 4.78 is 6.30. The van der Waals surface area contributed by atoms with E-state index < -0.39 is 42.9 Å². The van der Waals surface area contributed by atoms with Gasteiger partial charge < -0.3 is 31.5 Å². The number of nitrogens with zero attached hydrogens (tertiary/aromatic N) is 2. The van der Waals surface area contributed by atoms with E-state index in [-0.39, 0.29) is 5.82 Å². The lowest BCUT2D eigenvalue weighted by atomic mass is 9.96. The number of anilines is 1. The normalized spacial score (nSPS) is 35.3. The number of aliphatic hydroxyl groups is 3. The van der Waals surface area contributed by atoms with E-state index in [1.165, 1.54) is 12.3 Å². The maximum absolute atomic E-state index is 11.7. The van der Waals surface area contributed by atoms with E-state index in [1.807, 2.05) is 0 Å². The Morgan fingerprint density at radius 1 is 1.42 bits per heavy atom. The lowest BCUT2D eigenvalue weighted by Gasteiger charge is -2.41. The molecule has 5 atom stereocenters. The molecule has 1 fully saturated rings. The lowest BCUT2D eigenvalue weighted by molar-refractivity contribution is -0.215. The summed E-state index contributed by atoms with van der Waals surface area (Å²) in [6, 6.07) is 0.308. The average Bonchev–Trinajstić information content (AvgIpc) is 2.38. The Kier molecular flexibility index (Phi) is 3.83. The van der Waals surface area contributed by atoms with Crippen molar-refractivity contribution >= 4 is 5.82 Å². The van der Waals surface area contributed by atoms with Gasteiger partial charge in [-0.05, 0) is 6.07 Å². The molecule has 0 amide bonds. The molecule has 9 heteroatoms. The van der Waals surface area contributed by atoms with Crippen molar-refractivity contribution < 1.29 is 20.1 Å². The molecule has 7 N–H and O–H groups in total. The lowest BCUT2D eigenvalue weighted by Crippen LogP contribution is -2.61. The highest BCUT2D eigenvalue weighted by Gasteiger charge is 2.43. The molecule has 2 rings (SSSR count). The van der Waals surface area contributed by atoms with E-state index in [9.17, 15) is 15.0 Å². The molecule has 1 aliphatic heterocycles. The highest BCUT2D eigenvalue weighted by Crippen LogP contribution is 2.26. The zero-order valence-corrected chi connectivity index (χ0v) is 9.96. The monoisotopic (exact) mass is 272 g/mol. The van der Waals surface area contributed by atoms with Crippen LogP contribution in [0.4, 0.5) is 5.82 Å². The first-order valence-corrected chi connectivity index (χ1v) is 5.68. The molecule has 0 aliphatic carbocycles. The minimum atomic E-state index is -1.32. The molecule has 1 aromatic heterocycles. The predicted octanol–water partition coefficient (Wildman–Crippen LogP) is -3.24. The second-order valence-electron chi connectivity index (χ2n) is 4.35. The number of aliphatic hydroxyl groups excluding tert-OH is 3. The second kappa shape index (κ2) is 5.23. The van der Waals surface area contributed by atoms with Gasteiger partial charge in [-0.2, -0.15) is 4.98 Å². The summed E-state index contributed by atoms with van der Waals surface area (Å²) in [5.41, 5.74) is 10.3. The van der Waals surface area contributed by atoms with Crippen LogP contribution >= 0.6 is 0 Å². The summed E-state index contributed by atoms with van der Waals surface area (Å²) in [6.07, 6.45) is -3.38. The van der Waals surface area contributed by atoms with E-state index in [2.05, 4.69) is 4.98 Å². The van der Waals surface area contributed by atoms with Crippen LogP contribution in [0.2, 0.25) is 0 Å². The van der Waals surface area contributed by atoms with Gasteiger partial charge in [0.05, 0.1) is 12.6 Å². The van der Waals surface area contributed by atoms with Crippen molar-refractivity contribution in [2.45, 2.75) is 30.6 Å². The molecule has 0 spiro atoms. The molecule has 0 radical (unpaired) electrons. The molecular formula is C10H16N4O5. The zero-order valence-electron chi connectivity index (χ0n) is 9.96. The van der Waals surface area contributed by atoms with Gasteiger partial charge in [-0.15, -0.1) is 0 Å². The van der Waals surface area contributed by atoms with Crippen LogP contribution in [0.5, 0.6) is 0 Å². The second-order valence-corrected chi connectivity index (χ2v) is 4.35. The molecule has 9 nitrogen and oxygen atoms in total. The van der Waals surface area contributed by atoms with Gasteiger partial charge in [-0.3, -0.25) is 4.57 Å². The number of hydrogen-bond donors (Lipinski definition) is 5. The fourth-order valence-corrected chi connectivity index (χ4v) is 1.98. The Morgan fingerprint density at radius 3 is 2.68 bits per heavy atom. The van der Waals surface area contributed by atoms with E-state index in [0.717, 1.165) is 4.57 Å². The SMILES string of the molecule is Nc1ccn([C@@H]2O[C@H](CO)[C@@H](O)[C@H](N)[C@H]2O)c(=O)n1. The van der Waals surface area contributed by atoms with Gasteiger partial charge >= 0.3 is 5.69 Å². The zero-order chi connectivity index (χ0) is 14.2. The first kappa shape index (κ1) is 13.9. The maximum Gasteiger partial charge on any atom is 0.351 e. The minimum Gasteiger partial charge on any atom is -0.394 e. The van der Waals surface area contributed by atoms with Crippen LogP contribution in [0.15, 0.2) is 17.1 Å². The van der Waals surface area contributed by atoms with Crippen LogP contribution in [0.1, 0.15) is 6.23 Å². The van der Waals surface area contributed by atoms with Gasteiger partial charge in [-0.25, -0.2) is 4.79 Å². The van der Waals surface area contributed by atoms with Gasteiger partial charge in [0, 0.05) is 6.20 Å². The van der Waals surface area contributed by atoms with Gasteiger partial charge in [0.15, 0.2) is 6.23 Å². The van der Waals surface area contributed by atoms with E-state index in [4.69, 9.17) is 21.3 Å². The fraction of sp³-hybridized carbons (Fsp3) is 0.600. The molecule has 106 valence electrons. The molecule has 1 aromatic rings. The average molecular weight is 272 g/mol. The molecule has 0 aromatic carbocycles. The fourth-order valence-electron chi connectivity index (χ4n) is 1.98. The molecule has 1 saturated heterocycles. The highest BCUT2D eigenvalue weighted by atomic mass is 16.5. The highest BCUT2D eigenvalue weighted by molar-refractivity contribution is 5.23. The Bertz CT molecular complexity index is 505. The van der Waals surface area contributed by atoms with Crippen molar-refractivity contribution in [3.63, 3.8) is 0 Å². The third-order valence-corrected chi connectivity index (χ3v) is 3.08. The Morgan fingerprint density at radius 2 is 2.11 bits per heavy atom. The predicted molar refractivity (Wildman–Crippen MR) is 63.9 cm³/mol.